The second-order valence-corrected chi connectivity index (χ2v) is 4.09. The Labute approximate surface area is 108 Å². The number of rotatable bonds is 5. The fourth-order valence-corrected chi connectivity index (χ4v) is 1.50. The van der Waals surface area contributed by atoms with Crippen LogP contribution in [0.25, 0.3) is 0 Å². The second kappa shape index (κ2) is 6.84. The molecule has 0 saturated carbocycles. The normalized spacial score (nSPS) is 11.2. The molecular formula is C15H20O3. The average molecular weight is 248 g/mol. The molecule has 1 rings (SSSR count). The van der Waals surface area contributed by atoms with Crippen molar-refractivity contribution in [3.63, 3.8) is 0 Å². The molecule has 0 aromatic heterocycles. The summed E-state index contributed by atoms with van der Waals surface area (Å²) in [5, 5.41) is 0. The van der Waals surface area contributed by atoms with Crippen molar-refractivity contribution in [2.24, 2.45) is 0 Å². The third-order valence-corrected chi connectivity index (χ3v) is 2.54. The van der Waals surface area contributed by atoms with Crippen molar-refractivity contribution in [3.05, 3.63) is 41.2 Å². The largest absolute Gasteiger partial charge is 0.466 e. The summed E-state index contributed by atoms with van der Waals surface area (Å²) in [6.07, 6.45) is 2.12. The molecule has 0 unspecified atom stereocenters. The summed E-state index contributed by atoms with van der Waals surface area (Å²) in [7, 11) is 0. The monoisotopic (exact) mass is 248 g/mol. The average Bonchev–Trinajstić information content (AvgIpc) is 2.33. The van der Waals surface area contributed by atoms with Gasteiger partial charge in [0.05, 0.1) is 18.8 Å². The van der Waals surface area contributed by atoms with Gasteiger partial charge in [-0.05, 0) is 45.4 Å². The van der Waals surface area contributed by atoms with Crippen LogP contribution < -0.4 is 4.74 Å². The van der Waals surface area contributed by atoms with Crippen LogP contribution in [0.5, 0.6) is 5.75 Å². The third-order valence-electron chi connectivity index (χ3n) is 2.54. The third kappa shape index (κ3) is 4.24. The molecule has 0 amide bonds. The van der Waals surface area contributed by atoms with Gasteiger partial charge in [-0.2, -0.15) is 0 Å². The van der Waals surface area contributed by atoms with E-state index in [-0.39, 0.29) is 12.4 Å². The number of carbonyl (C=O) groups excluding carboxylic acids is 1. The first kappa shape index (κ1) is 14.3. The lowest BCUT2D eigenvalue weighted by atomic mass is 10.1. The van der Waals surface area contributed by atoms with Crippen molar-refractivity contribution >= 4 is 5.97 Å². The topological polar surface area (TPSA) is 35.5 Å². The Hall–Kier alpha value is -1.77. The molecule has 0 aliphatic heterocycles. The molecule has 0 spiro atoms. The molecule has 0 aliphatic rings. The molecule has 1 aromatic rings. The Kier molecular flexibility index (Phi) is 5.43. The van der Waals surface area contributed by atoms with Gasteiger partial charge in [0.25, 0.3) is 0 Å². The van der Waals surface area contributed by atoms with E-state index in [1.54, 1.807) is 6.92 Å². The van der Waals surface area contributed by atoms with Gasteiger partial charge in [0, 0.05) is 5.56 Å². The van der Waals surface area contributed by atoms with Crippen molar-refractivity contribution in [1.29, 1.82) is 0 Å². The Morgan fingerprint density at radius 2 is 2.11 bits per heavy atom. The summed E-state index contributed by atoms with van der Waals surface area (Å²) < 4.78 is 10.7. The van der Waals surface area contributed by atoms with E-state index >= 15 is 0 Å². The van der Waals surface area contributed by atoms with Crippen LogP contribution in [0.3, 0.4) is 0 Å². The Bertz CT molecular complexity index is 447. The molecule has 0 atom stereocenters. The Morgan fingerprint density at radius 1 is 1.39 bits per heavy atom. The molecule has 0 saturated heterocycles. The first-order valence-corrected chi connectivity index (χ1v) is 6.12. The predicted octanol–water partition coefficient (Wildman–Crippen LogP) is 3.40. The summed E-state index contributed by atoms with van der Waals surface area (Å²) >= 11 is 0. The molecule has 0 heterocycles. The van der Waals surface area contributed by atoms with E-state index in [4.69, 9.17) is 9.47 Å². The van der Waals surface area contributed by atoms with Gasteiger partial charge in [0.1, 0.15) is 5.75 Å². The van der Waals surface area contributed by atoms with Gasteiger partial charge in [-0.3, -0.25) is 4.79 Å². The zero-order chi connectivity index (χ0) is 13.5. The maximum absolute atomic E-state index is 11.5. The number of esters is 1. The van der Waals surface area contributed by atoms with Crippen LogP contribution in [-0.4, -0.2) is 12.6 Å². The van der Waals surface area contributed by atoms with Crippen LogP contribution >= 0.6 is 0 Å². The minimum absolute atomic E-state index is 0.232. The van der Waals surface area contributed by atoms with Gasteiger partial charge < -0.3 is 9.47 Å². The lowest BCUT2D eigenvalue weighted by molar-refractivity contribution is -0.142. The van der Waals surface area contributed by atoms with E-state index in [2.05, 4.69) is 0 Å². The smallest absolute Gasteiger partial charge is 0.310 e. The van der Waals surface area contributed by atoms with E-state index < -0.39 is 0 Å². The summed E-state index contributed by atoms with van der Waals surface area (Å²) in [6.45, 7) is 7.99. The van der Waals surface area contributed by atoms with Crippen LogP contribution in [-0.2, 0) is 16.0 Å². The summed E-state index contributed by atoms with van der Waals surface area (Å²) in [6, 6.07) is 5.80. The van der Waals surface area contributed by atoms with Gasteiger partial charge in [0.2, 0.25) is 0 Å². The lowest BCUT2D eigenvalue weighted by Gasteiger charge is -2.12. The molecule has 1 aromatic carbocycles. The molecule has 0 radical (unpaired) electrons. The second-order valence-electron chi connectivity index (χ2n) is 4.09. The minimum Gasteiger partial charge on any atom is -0.466 e. The molecule has 0 bridgehead atoms. The summed E-state index contributed by atoms with van der Waals surface area (Å²) in [4.78, 5) is 11.5. The van der Waals surface area contributed by atoms with Crippen molar-refractivity contribution < 1.29 is 14.3 Å². The fourth-order valence-electron chi connectivity index (χ4n) is 1.50. The zero-order valence-electron chi connectivity index (χ0n) is 11.4. The van der Waals surface area contributed by atoms with Crippen molar-refractivity contribution in [2.75, 3.05) is 6.61 Å². The van der Waals surface area contributed by atoms with E-state index in [1.807, 2.05) is 45.0 Å². The number of aryl methyl sites for hydroxylation is 1. The van der Waals surface area contributed by atoms with Crippen molar-refractivity contribution in [2.45, 2.75) is 34.1 Å². The number of carbonyl (C=O) groups is 1. The van der Waals surface area contributed by atoms with E-state index in [0.717, 1.165) is 22.6 Å². The SMILES string of the molecule is C/C=C(\C)Oc1cc(C)ccc1CC(=O)OCC. The van der Waals surface area contributed by atoms with Gasteiger partial charge in [-0.25, -0.2) is 0 Å². The maximum atomic E-state index is 11.5. The van der Waals surface area contributed by atoms with Crippen LogP contribution in [0.4, 0.5) is 0 Å². The molecule has 3 heteroatoms. The number of hydrogen-bond acceptors (Lipinski definition) is 3. The van der Waals surface area contributed by atoms with E-state index in [9.17, 15) is 4.79 Å². The molecule has 18 heavy (non-hydrogen) atoms. The molecule has 98 valence electrons. The lowest BCUT2D eigenvalue weighted by Crippen LogP contribution is -2.09. The number of ether oxygens (including phenoxy) is 2. The standard InChI is InChI=1S/C15H20O3/c1-5-12(4)18-14-9-11(3)7-8-13(14)10-15(16)17-6-2/h5,7-9H,6,10H2,1-4H3/b12-5+. The quantitative estimate of drug-likeness (QED) is 0.591. The Morgan fingerprint density at radius 3 is 2.72 bits per heavy atom. The highest BCUT2D eigenvalue weighted by atomic mass is 16.5. The first-order chi connectivity index (χ1) is 8.56. The van der Waals surface area contributed by atoms with Crippen LogP contribution in [0.1, 0.15) is 31.9 Å². The fraction of sp³-hybridized carbons (Fsp3) is 0.400. The van der Waals surface area contributed by atoms with E-state index in [0.29, 0.717) is 6.61 Å². The number of hydrogen-bond donors (Lipinski definition) is 0. The van der Waals surface area contributed by atoms with Gasteiger partial charge in [-0.15, -0.1) is 0 Å². The molecule has 3 nitrogen and oxygen atoms in total. The minimum atomic E-state index is -0.232. The van der Waals surface area contributed by atoms with Gasteiger partial charge >= 0.3 is 5.97 Å². The number of allylic oxidation sites excluding steroid dienone is 2. The van der Waals surface area contributed by atoms with Gasteiger partial charge in [-0.1, -0.05) is 12.1 Å². The summed E-state index contributed by atoms with van der Waals surface area (Å²) in [5.41, 5.74) is 1.95. The van der Waals surface area contributed by atoms with Crippen LogP contribution in [0.2, 0.25) is 0 Å². The molecule has 0 fully saturated rings. The Balaban J connectivity index is 2.92. The highest BCUT2D eigenvalue weighted by molar-refractivity contribution is 5.73. The van der Waals surface area contributed by atoms with Crippen LogP contribution in [0, 0.1) is 6.92 Å². The summed E-state index contributed by atoms with van der Waals surface area (Å²) in [5.74, 6) is 1.30. The highest BCUT2D eigenvalue weighted by Gasteiger charge is 2.10. The maximum Gasteiger partial charge on any atom is 0.310 e. The zero-order valence-corrected chi connectivity index (χ0v) is 11.4. The first-order valence-electron chi connectivity index (χ1n) is 6.12. The number of benzene rings is 1. The van der Waals surface area contributed by atoms with Crippen molar-refractivity contribution in [3.8, 4) is 5.75 Å². The van der Waals surface area contributed by atoms with Crippen molar-refractivity contribution in [1.82, 2.24) is 0 Å². The van der Waals surface area contributed by atoms with Crippen LogP contribution in [0.15, 0.2) is 30.0 Å². The molecule has 0 N–H and O–H groups in total. The molecule has 0 aliphatic carbocycles. The van der Waals surface area contributed by atoms with E-state index in [1.165, 1.54) is 0 Å². The van der Waals surface area contributed by atoms with Gasteiger partial charge in [0.15, 0.2) is 0 Å². The highest BCUT2D eigenvalue weighted by Crippen LogP contribution is 2.23. The molecular weight excluding hydrogens is 228 g/mol. The predicted molar refractivity (Wildman–Crippen MR) is 71.6 cm³/mol.